The maximum atomic E-state index is 5.66. The highest BCUT2D eigenvalue weighted by atomic mass is 16.5. The lowest BCUT2D eigenvalue weighted by Crippen LogP contribution is -2.08. The van der Waals surface area contributed by atoms with Crippen molar-refractivity contribution >= 4 is 0 Å². The molecule has 1 nitrogen and oxygen atoms in total. The van der Waals surface area contributed by atoms with Crippen LogP contribution in [0.4, 0.5) is 0 Å². The molecule has 0 saturated heterocycles. The summed E-state index contributed by atoms with van der Waals surface area (Å²) in [6, 6.07) is 0. The van der Waals surface area contributed by atoms with E-state index in [1.165, 1.54) is 64.2 Å². The molecule has 0 aliphatic carbocycles. The Morgan fingerprint density at radius 1 is 0.706 bits per heavy atom. The molecular formula is C16H34O. The van der Waals surface area contributed by atoms with Gasteiger partial charge >= 0.3 is 0 Å². The molecule has 0 aliphatic rings. The minimum Gasteiger partial charge on any atom is -0.379 e. The van der Waals surface area contributed by atoms with Crippen LogP contribution in [0, 0.1) is 0 Å². The van der Waals surface area contributed by atoms with E-state index < -0.39 is 0 Å². The van der Waals surface area contributed by atoms with Gasteiger partial charge in [-0.15, -0.1) is 0 Å². The Labute approximate surface area is 109 Å². The van der Waals surface area contributed by atoms with E-state index in [9.17, 15) is 0 Å². The highest BCUT2D eigenvalue weighted by Crippen LogP contribution is 2.12. The van der Waals surface area contributed by atoms with Crippen LogP contribution in [0.2, 0.25) is 0 Å². The van der Waals surface area contributed by atoms with Crippen molar-refractivity contribution in [1.29, 1.82) is 0 Å². The summed E-state index contributed by atoms with van der Waals surface area (Å²) in [5, 5.41) is 0. The van der Waals surface area contributed by atoms with E-state index in [4.69, 9.17) is 4.74 Å². The van der Waals surface area contributed by atoms with Crippen LogP contribution in [0.5, 0.6) is 0 Å². The van der Waals surface area contributed by atoms with Crippen molar-refractivity contribution in [2.75, 3.05) is 6.61 Å². The highest BCUT2D eigenvalue weighted by Gasteiger charge is 2.00. The zero-order valence-corrected chi connectivity index (χ0v) is 12.5. The standard InChI is InChI=1S/C16H34O/c1-4-6-7-8-9-10-11-12-13-14-16(3)17-15-5-2/h16H,4-15H2,1-3H3. The first-order valence-electron chi connectivity index (χ1n) is 7.92. The molecule has 104 valence electrons. The van der Waals surface area contributed by atoms with Gasteiger partial charge in [-0.25, -0.2) is 0 Å². The average molecular weight is 242 g/mol. The molecule has 0 saturated carbocycles. The summed E-state index contributed by atoms with van der Waals surface area (Å²) >= 11 is 0. The Morgan fingerprint density at radius 3 is 1.76 bits per heavy atom. The molecular weight excluding hydrogens is 208 g/mol. The van der Waals surface area contributed by atoms with E-state index >= 15 is 0 Å². The first-order valence-corrected chi connectivity index (χ1v) is 7.92. The van der Waals surface area contributed by atoms with Gasteiger partial charge < -0.3 is 4.74 Å². The van der Waals surface area contributed by atoms with Crippen LogP contribution in [0.15, 0.2) is 0 Å². The molecule has 0 aromatic carbocycles. The second-order valence-electron chi connectivity index (χ2n) is 5.30. The lowest BCUT2D eigenvalue weighted by atomic mass is 10.1. The van der Waals surface area contributed by atoms with E-state index in [0.717, 1.165) is 13.0 Å². The van der Waals surface area contributed by atoms with Crippen molar-refractivity contribution in [3.8, 4) is 0 Å². The molecule has 0 aromatic rings. The van der Waals surface area contributed by atoms with Gasteiger partial charge in [-0.3, -0.25) is 0 Å². The maximum absolute atomic E-state index is 5.66. The fourth-order valence-electron chi connectivity index (χ4n) is 2.14. The van der Waals surface area contributed by atoms with Crippen molar-refractivity contribution in [3.63, 3.8) is 0 Å². The van der Waals surface area contributed by atoms with E-state index in [1.807, 2.05) is 0 Å². The number of hydrogen-bond donors (Lipinski definition) is 0. The summed E-state index contributed by atoms with van der Waals surface area (Å²) in [6.45, 7) is 7.59. The lowest BCUT2D eigenvalue weighted by Gasteiger charge is -2.11. The summed E-state index contributed by atoms with van der Waals surface area (Å²) in [4.78, 5) is 0. The zero-order chi connectivity index (χ0) is 12.8. The van der Waals surface area contributed by atoms with Gasteiger partial charge in [-0.1, -0.05) is 71.6 Å². The second kappa shape index (κ2) is 14.0. The number of rotatable bonds is 13. The van der Waals surface area contributed by atoms with Gasteiger partial charge in [0.2, 0.25) is 0 Å². The molecule has 0 fully saturated rings. The van der Waals surface area contributed by atoms with Crippen molar-refractivity contribution in [2.24, 2.45) is 0 Å². The molecule has 0 rings (SSSR count). The van der Waals surface area contributed by atoms with Crippen LogP contribution in [-0.2, 0) is 4.74 Å². The maximum Gasteiger partial charge on any atom is 0.0547 e. The molecule has 1 atom stereocenters. The second-order valence-corrected chi connectivity index (χ2v) is 5.30. The molecule has 1 heteroatoms. The molecule has 17 heavy (non-hydrogen) atoms. The van der Waals surface area contributed by atoms with Gasteiger partial charge in [-0.2, -0.15) is 0 Å². The molecule has 0 aromatic heterocycles. The average Bonchev–Trinajstić information content (AvgIpc) is 2.34. The first-order chi connectivity index (χ1) is 8.31. The van der Waals surface area contributed by atoms with Gasteiger partial charge in [0, 0.05) is 6.61 Å². The Kier molecular flexibility index (Phi) is 14.0. The third-order valence-electron chi connectivity index (χ3n) is 3.32. The highest BCUT2D eigenvalue weighted by molar-refractivity contribution is 4.52. The predicted octanol–water partition coefficient (Wildman–Crippen LogP) is 5.72. The van der Waals surface area contributed by atoms with Crippen LogP contribution >= 0.6 is 0 Å². The normalized spacial score (nSPS) is 12.9. The van der Waals surface area contributed by atoms with Crippen molar-refractivity contribution < 1.29 is 4.74 Å². The fraction of sp³-hybridized carbons (Fsp3) is 1.00. The molecule has 0 spiro atoms. The number of hydrogen-bond acceptors (Lipinski definition) is 1. The zero-order valence-electron chi connectivity index (χ0n) is 12.5. The van der Waals surface area contributed by atoms with Crippen LogP contribution in [0.25, 0.3) is 0 Å². The molecule has 0 amide bonds. The third kappa shape index (κ3) is 13.9. The molecule has 0 bridgehead atoms. The van der Waals surface area contributed by atoms with E-state index in [-0.39, 0.29) is 0 Å². The van der Waals surface area contributed by atoms with Gasteiger partial charge in [0.15, 0.2) is 0 Å². The van der Waals surface area contributed by atoms with Crippen LogP contribution < -0.4 is 0 Å². The van der Waals surface area contributed by atoms with Crippen LogP contribution in [0.1, 0.15) is 91.4 Å². The summed E-state index contributed by atoms with van der Waals surface area (Å²) in [7, 11) is 0. The molecule has 0 radical (unpaired) electrons. The van der Waals surface area contributed by atoms with Crippen molar-refractivity contribution in [3.05, 3.63) is 0 Å². The van der Waals surface area contributed by atoms with Gasteiger partial charge in [0.1, 0.15) is 0 Å². The van der Waals surface area contributed by atoms with E-state index in [0.29, 0.717) is 6.10 Å². The molecule has 0 heterocycles. The number of ether oxygens (including phenoxy) is 1. The Hall–Kier alpha value is -0.0400. The Bertz CT molecular complexity index is 133. The smallest absolute Gasteiger partial charge is 0.0547 e. The van der Waals surface area contributed by atoms with Crippen LogP contribution in [0.3, 0.4) is 0 Å². The van der Waals surface area contributed by atoms with Crippen molar-refractivity contribution in [1.82, 2.24) is 0 Å². The predicted molar refractivity (Wildman–Crippen MR) is 77.5 cm³/mol. The minimum absolute atomic E-state index is 0.472. The SMILES string of the molecule is CCCCCCCCCCCC(C)OCCC. The van der Waals surface area contributed by atoms with E-state index in [2.05, 4.69) is 20.8 Å². The van der Waals surface area contributed by atoms with E-state index in [1.54, 1.807) is 0 Å². The monoisotopic (exact) mass is 242 g/mol. The largest absolute Gasteiger partial charge is 0.379 e. The first kappa shape index (κ1) is 17.0. The Morgan fingerprint density at radius 2 is 1.24 bits per heavy atom. The third-order valence-corrected chi connectivity index (χ3v) is 3.32. The molecule has 0 aliphatic heterocycles. The molecule has 1 unspecified atom stereocenters. The summed E-state index contributed by atoms with van der Waals surface area (Å²) in [5.41, 5.74) is 0. The van der Waals surface area contributed by atoms with Crippen LogP contribution in [-0.4, -0.2) is 12.7 Å². The topological polar surface area (TPSA) is 9.23 Å². The lowest BCUT2D eigenvalue weighted by molar-refractivity contribution is 0.0589. The van der Waals surface area contributed by atoms with Gasteiger partial charge in [-0.05, 0) is 19.8 Å². The number of unbranched alkanes of at least 4 members (excludes halogenated alkanes) is 8. The summed E-state index contributed by atoms with van der Waals surface area (Å²) < 4.78 is 5.66. The van der Waals surface area contributed by atoms with Crippen molar-refractivity contribution in [2.45, 2.75) is 97.5 Å². The molecule has 0 N–H and O–H groups in total. The van der Waals surface area contributed by atoms with Gasteiger partial charge in [0.25, 0.3) is 0 Å². The van der Waals surface area contributed by atoms with Gasteiger partial charge in [0.05, 0.1) is 6.10 Å². The Balaban J connectivity index is 3.02. The summed E-state index contributed by atoms with van der Waals surface area (Å²) in [6.07, 6.45) is 15.6. The summed E-state index contributed by atoms with van der Waals surface area (Å²) in [5.74, 6) is 0. The fourth-order valence-corrected chi connectivity index (χ4v) is 2.14. The quantitative estimate of drug-likeness (QED) is 0.375. The minimum atomic E-state index is 0.472.